The maximum atomic E-state index is 12.0. The quantitative estimate of drug-likeness (QED) is 0.669. The van der Waals surface area contributed by atoms with Gasteiger partial charge in [0.2, 0.25) is 0 Å². The van der Waals surface area contributed by atoms with Crippen molar-refractivity contribution in [3.8, 4) is 5.75 Å². The minimum Gasteiger partial charge on any atom is -0.406 e. The van der Waals surface area contributed by atoms with E-state index in [0.29, 0.717) is 0 Å². The van der Waals surface area contributed by atoms with Crippen LogP contribution in [0.5, 0.6) is 5.75 Å². The van der Waals surface area contributed by atoms with Gasteiger partial charge in [-0.15, -0.1) is 13.2 Å². The molecule has 0 atom stereocenters. The van der Waals surface area contributed by atoms with Gasteiger partial charge in [-0.2, -0.15) is 0 Å². The number of nitrogens with zero attached hydrogens (tertiary/aromatic N) is 1. The van der Waals surface area contributed by atoms with Crippen LogP contribution in [0.25, 0.3) is 0 Å². The molecule has 1 aromatic rings. The first kappa shape index (κ1) is 14.2. The van der Waals surface area contributed by atoms with Gasteiger partial charge in [0.05, 0.1) is 11.5 Å². The number of benzene rings is 1. The van der Waals surface area contributed by atoms with Crippen LogP contribution in [-0.4, -0.2) is 23.0 Å². The number of rotatable bonds is 4. The lowest BCUT2D eigenvalue weighted by Gasteiger charge is -2.12. The minimum absolute atomic E-state index is 0.0933. The molecule has 5 nitrogen and oxygen atoms in total. The summed E-state index contributed by atoms with van der Waals surface area (Å²) in [6.07, 6.45) is -4.87. The maximum absolute atomic E-state index is 12.0. The van der Waals surface area contributed by atoms with Crippen molar-refractivity contribution in [1.82, 2.24) is 0 Å². The van der Waals surface area contributed by atoms with Gasteiger partial charge in [0.25, 0.3) is 5.69 Å². The molecule has 99 valence electrons. The van der Waals surface area contributed by atoms with Crippen molar-refractivity contribution in [3.63, 3.8) is 0 Å². The monoisotopic (exact) mass is 264 g/mol. The Hall–Kier alpha value is -1.83. The molecule has 8 heteroatoms. The third-order valence-electron chi connectivity index (χ3n) is 2.10. The summed E-state index contributed by atoms with van der Waals surface area (Å²) in [5.41, 5.74) is -0.486. The third kappa shape index (κ3) is 3.59. The molecule has 0 aliphatic heterocycles. The molecule has 0 aromatic heterocycles. The van der Waals surface area contributed by atoms with Gasteiger partial charge < -0.3 is 9.84 Å². The van der Waals surface area contributed by atoms with E-state index < -0.39 is 29.3 Å². The highest BCUT2D eigenvalue weighted by molar-refractivity contribution is 5.52. The first-order valence-electron chi connectivity index (χ1n) is 4.72. The largest absolute Gasteiger partial charge is 0.573 e. The molecule has 0 fully saturated rings. The molecule has 0 aliphatic carbocycles. The van der Waals surface area contributed by atoms with Crippen molar-refractivity contribution >= 4 is 5.69 Å². The van der Waals surface area contributed by atoms with Crippen LogP contribution in [0.1, 0.15) is 12.5 Å². The van der Waals surface area contributed by atoms with Gasteiger partial charge in [0.15, 0.2) is 0 Å². The Balaban J connectivity index is 3.17. The Morgan fingerprint density at radius 1 is 1.50 bits per heavy atom. The lowest BCUT2D eigenvalue weighted by Crippen LogP contribution is -2.17. The van der Waals surface area contributed by atoms with Crippen molar-refractivity contribution in [1.29, 1.82) is 0 Å². The van der Waals surface area contributed by atoms with Gasteiger partial charge in [0, 0.05) is 17.5 Å². The lowest BCUT2D eigenvalue weighted by molar-refractivity contribution is -0.385. The Morgan fingerprint density at radius 2 is 2.11 bits per heavy atom. The van der Waals surface area contributed by atoms with Gasteiger partial charge in [-0.25, -0.2) is 0 Å². The minimum atomic E-state index is -4.87. The average Bonchev–Trinajstić information content (AvgIpc) is 2.25. The summed E-state index contributed by atoms with van der Waals surface area (Å²) >= 11 is 0. The predicted molar refractivity (Wildman–Crippen MR) is 54.9 cm³/mol. The number of hydrogen-bond donors (Lipinski definition) is 1. The fourth-order valence-corrected chi connectivity index (χ4v) is 1.30. The summed E-state index contributed by atoms with van der Waals surface area (Å²) in [5, 5.41) is 19.6. The molecule has 0 bridgehead atoms. The fourth-order valence-electron chi connectivity index (χ4n) is 1.30. The van der Waals surface area contributed by atoms with Crippen LogP contribution in [-0.2, 0) is 0 Å². The van der Waals surface area contributed by atoms with E-state index in [4.69, 9.17) is 5.11 Å². The summed E-state index contributed by atoms with van der Waals surface area (Å²) in [7, 11) is 0. The fraction of sp³-hybridized carbons (Fsp3) is 0.300. The topological polar surface area (TPSA) is 72.6 Å². The first-order chi connectivity index (χ1) is 8.24. The van der Waals surface area contributed by atoms with Crippen molar-refractivity contribution in [3.05, 3.63) is 39.8 Å². The summed E-state index contributed by atoms with van der Waals surface area (Å²) < 4.78 is 39.7. The summed E-state index contributed by atoms with van der Waals surface area (Å²) in [5.74, 6) is -0.398. The number of alkyl halides is 3. The van der Waals surface area contributed by atoms with Gasteiger partial charge in [-0.3, -0.25) is 10.1 Å². The van der Waals surface area contributed by atoms with Gasteiger partial charge in [-0.05, 0) is 12.1 Å². The second kappa shape index (κ2) is 5.21. The zero-order valence-electron chi connectivity index (χ0n) is 9.19. The SMILES string of the molecule is C[C](CO)c1cc(OC(F)(F)F)ccc1[N+](=O)[O-]. The van der Waals surface area contributed by atoms with Gasteiger partial charge in [-0.1, -0.05) is 6.92 Å². The summed E-state index contributed by atoms with van der Waals surface area (Å²) in [6.45, 7) is 0.871. The van der Waals surface area contributed by atoms with Crippen molar-refractivity contribution in [2.75, 3.05) is 6.61 Å². The number of nitro groups is 1. The van der Waals surface area contributed by atoms with Crippen molar-refractivity contribution < 1.29 is 27.9 Å². The molecular formula is C10H9F3NO4. The number of ether oxygens (including phenoxy) is 1. The predicted octanol–water partition coefficient (Wildman–Crippen LogP) is 2.43. The second-order valence-corrected chi connectivity index (χ2v) is 3.42. The van der Waals surface area contributed by atoms with Crippen LogP contribution in [0.2, 0.25) is 0 Å². The maximum Gasteiger partial charge on any atom is 0.573 e. The Morgan fingerprint density at radius 3 is 2.56 bits per heavy atom. The van der Waals surface area contributed by atoms with Crippen LogP contribution < -0.4 is 4.74 Å². The first-order valence-corrected chi connectivity index (χ1v) is 4.72. The highest BCUT2D eigenvalue weighted by atomic mass is 19.4. The molecule has 0 heterocycles. The van der Waals surface area contributed by atoms with E-state index in [1.807, 2.05) is 0 Å². The number of aliphatic hydroxyl groups excluding tert-OH is 1. The Labute approximate surface area is 99.9 Å². The van der Waals surface area contributed by atoms with Crippen molar-refractivity contribution in [2.45, 2.75) is 13.3 Å². The van der Waals surface area contributed by atoms with Crippen LogP contribution in [0.3, 0.4) is 0 Å². The molecule has 0 aliphatic rings. The van der Waals surface area contributed by atoms with E-state index in [1.54, 1.807) is 0 Å². The molecule has 0 saturated carbocycles. The third-order valence-corrected chi connectivity index (χ3v) is 2.10. The van der Waals surface area contributed by atoms with E-state index in [9.17, 15) is 23.3 Å². The van der Waals surface area contributed by atoms with Gasteiger partial charge in [0.1, 0.15) is 5.75 Å². The Bertz CT molecular complexity index is 447. The normalized spacial score (nSPS) is 11.7. The van der Waals surface area contributed by atoms with Crippen LogP contribution in [0.4, 0.5) is 18.9 Å². The zero-order chi connectivity index (χ0) is 13.9. The highest BCUT2D eigenvalue weighted by Gasteiger charge is 2.32. The van der Waals surface area contributed by atoms with E-state index in [0.717, 1.165) is 18.2 Å². The number of hydrogen-bond acceptors (Lipinski definition) is 4. The average molecular weight is 264 g/mol. The second-order valence-electron chi connectivity index (χ2n) is 3.42. The molecule has 0 spiro atoms. The Kier molecular flexibility index (Phi) is 4.12. The molecule has 1 N–H and O–H groups in total. The smallest absolute Gasteiger partial charge is 0.406 e. The number of nitro benzene ring substituents is 1. The molecule has 0 amide bonds. The molecular weight excluding hydrogens is 255 g/mol. The van der Waals surface area contributed by atoms with E-state index in [2.05, 4.69) is 4.74 Å². The molecule has 0 unspecified atom stereocenters. The van der Waals surface area contributed by atoms with Crippen molar-refractivity contribution in [2.24, 2.45) is 0 Å². The number of aliphatic hydroxyl groups is 1. The van der Waals surface area contributed by atoms with Crippen LogP contribution in [0, 0.1) is 16.0 Å². The highest BCUT2D eigenvalue weighted by Crippen LogP contribution is 2.32. The van der Waals surface area contributed by atoms with Crippen LogP contribution >= 0.6 is 0 Å². The summed E-state index contributed by atoms with van der Waals surface area (Å²) in [4.78, 5) is 9.94. The zero-order valence-corrected chi connectivity index (χ0v) is 9.19. The molecule has 1 radical (unpaired) electrons. The summed E-state index contributed by atoms with van der Waals surface area (Å²) in [6, 6.07) is 2.62. The lowest BCUT2D eigenvalue weighted by atomic mass is 10.00. The van der Waals surface area contributed by atoms with E-state index in [-0.39, 0.29) is 11.5 Å². The van der Waals surface area contributed by atoms with Gasteiger partial charge >= 0.3 is 6.36 Å². The molecule has 18 heavy (non-hydrogen) atoms. The van der Waals surface area contributed by atoms with E-state index in [1.165, 1.54) is 6.92 Å². The molecule has 0 saturated heterocycles. The molecule has 1 aromatic carbocycles. The van der Waals surface area contributed by atoms with Crippen LogP contribution in [0.15, 0.2) is 18.2 Å². The van der Waals surface area contributed by atoms with E-state index >= 15 is 0 Å². The molecule has 1 rings (SSSR count). The standard InChI is InChI=1S/C10H9F3NO4/c1-6(5-15)8-4-7(18-10(11,12)13)2-3-9(8)14(16)17/h2-4,15H,5H2,1H3. The number of halogens is 3.